The molecule has 1 saturated heterocycles. The van der Waals surface area contributed by atoms with Gasteiger partial charge in [0.1, 0.15) is 12.6 Å². The Morgan fingerprint density at radius 2 is 2.32 bits per heavy atom. The first-order chi connectivity index (χ1) is 9.01. The molecule has 0 aromatic heterocycles. The molecule has 1 unspecified atom stereocenters. The maximum atomic E-state index is 12.3. The van der Waals surface area contributed by atoms with E-state index in [-0.39, 0.29) is 19.0 Å². The van der Waals surface area contributed by atoms with E-state index in [0.29, 0.717) is 13.1 Å². The van der Waals surface area contributed by atoms with Crippen molar-refractivity contribution in [2.75, 3.05) is 26.2 Å². The molecular formula is C12H19N3O4. The molecule has 1 aliphatic heterocycles. The maximum absolute atomic E-state index is 12.3. The molecule has 19 heavy (non-hydrogen) atoms. The Morgan fingerprint density at radius 1 is 1.63 bits per heavy atom. The summed E-state index contributed by atoms with van der Waals surface area (Å²) in [6.45, 7) is 6.02. The molecule has 0 bridgehead atoms. The summed E-state index contributed by atoms with van der Waals surface area (Å²) in [5.74, 6) is -1.47. The number of urea groups is 1. The molecule has 0 aliphatic carbocycles. The van der Waals surface area contributed by atoms with Crippen LogP contribution < -0.4 is 5.32 Å². The number of hydrogen-bond donors (Lipinski definition) is 2. The molecule has 1 atom stereocenters. The zero-order valence-electron chi connectivity index (χ0n) is 11.0. The predicted octanol–water partition coefficient (Wildman–Crippen LogP) is -0.111. The van der Waals surface area contributed by atoms with E-state index < -0.39 is 18.0 Å². The number of nitrogens with zero attached hydrogens (tertiary/aromatic N) is 2. The Bertz CT molecular complexity index is 383. The third-order valence-electron chi connectivity index (χ3n) is 2.83. The third-order valence-corrected chi connectivity index (χ3v) is 2.83. The molecule has 1 aliphatic rings. The molecule has 106 valence electrons. The summed E-state index contributed by atoms with van der Waals surface area (Å²) >= 11 is 0. The molecule has 0 aromatic rings. The molecule has 7 heteroatoms. The van der Waals surface area contributed by atoms with Crippen LogP contribution in [0, 0.1) is 0 Å². The van der Waals surface area contributed by atoms with E-state index in [4.69, 9.17) is 5.11 Å². The lowest BCUT2D eigenvalue weighted by molar-refractivity contribution is -0.144. The van der Waals surface area contributed by atoms with Crippen molar-refractivity contribution < 1.29 is 19.5 Å². The smallest absolute Gasteiger partial charge is 0.328 e. The lowest BCUT2D eigenvalue weighted by atomic mass is 10.2. The van der Waals surface area contributed by atoms with Crippen LogP contribution in [0.1, 0.15) is 13.3 Å². The average molecular weight is 269 g/mol. The Kier molecular flexibility index (Phi) is 5.35. The molecule has 0 saturated carbocycles. The first kappa shape index (κ1) is 15.0. The minimum absolute atomic E-state index is 0.0615. The highest BCUT2D eigenvalue weighted by Crippen LogP contribution is 2.09. The van der Waals surface area contributed by atoms with Crippen molar-refractivity contribution in [3.05, 3.63) is 12.7 Å². The normalized spacial score (nSPS) is 18.7. The van der Waals surface area contributed by atoms with Gasteiger partial charge >= 0.3 is 12.0 Å². The lowest BCUT2D eigenvalue weighted by Gasteiger charge is -2.36. The Morgan fingerprint density at radius 3 is 2.84 bits per heavy atom. The van der Waals surface area contributed by atoms with Gasteiger partial charge in [-0.05, 0) is 6.42 Å². The fourth-order valence-electron chi connectivity index (χ4n) is 1.94. The van der Waals surface area contributed by atoms with Crippen LogP contribution in [0.3, 0.4) is 0 Å². The largest absolute Gasteiger partial charge is 0.480 e. The summed E-state index contributed by atoms with van der Waals surface area (Å²) in [6.07, 6.45) is 2.32. The summed E-state index contributed by atoms with van der Waals surface area (Å²) in [7, 11) is 0. The van der Waals surface area contributed by atoms with Crippen molar-refractivity contribution in [2.24, 2.45) is 0 Å². The minimum atomic E-state index is -1.12. The molecule has 1 fully saturated rings. The number of piperazine rings is 1. The summed E-state index contributed by atoms with van der Waals surface area (Å²) in [4.78, 5) is 37.4. The highest BCUT2D eigenvalue weighted by molar-refractivity contribution is 5.90. The number of aliphatic carboxylic acids is 1. The molecule has 2 N–H and O–H groups in total. The second-order valence-electron chi connectivity index (χ2n) is 4.30. The van der Waals surface area contributed by atoms with Gasteiger partial charge < -0.3 is 15.3 Å². The topological polar surface area (TPSA) is 90.0 Å². The van der Waals surface area contributed by atoms with Gasteiger partial charge in [-0.1, -0.05) is 13.0 Å². The molecule has 0 spiro atoms. The summed E-state index contributed by atoms with van der Waals surface area (Å²) in [5, 5.41) is 11.6. The number of carboxylic acid groups (broad SMARTS) is 1. The molecular weight excluding hydrogens is 250 g/mol. The molecule has 1 heterocycles. The van der Waals surface area contributed by atoms with Crippen LogP contribution in [0.2, 0.25) is 0 Å². The lowest BCUT2D eigenvalue weighted by Crippen LogP contribution is -2.61. The van der Waals surface area contributed by atoms with Crippen LogP contribution in [0.5, 0.6) is 0 Å². The van der Waals surface area contributed by atoms with Gasteiger partial charge in [0, 0.05) is 19.6 Å². The maximum Gasteiger partial charge on any atom is 0.328 e. The van der Waals surface area contributed by atoms with Crippen molar-refractivity contribution in [3.63, 3.8) is 0 Å². The van der Waals surface area contributed by atoms with Crippen molar-refractivity contribution in [3.8, 4) is 0 Å². The van der Waals surface area contributed by atoms with E-state index in [9.17, 15) is 14.4 Å². The van der Waals surface area contributed by atoms with Crippen molar-refractivity contribution in [2.45, 2.75) is 19.4 Å². The second kappa shape index (κ2) is 6.77. The molecule has 7 nitrogen and oxygen atoms in total. The highest BCUT2D eigenvalue weighted by Gasteiger charge is 2.36. The number of carbonyl (C=O) groups excluding carboxylic acids is 2. The van der Waals surface area contributed by atoms with Gasteiger partial charge in [-0.15, -0.1) is 6.58 Å². The molecule has 1 rings (SSSR count). The van der Waals surface area contributed by atoms with Gasteiger partial charge in [0.25, 0.3) is 0 Å². The molecule has 3 amide bonds. The first-order valence-electron chi connectivity index (χ1n) is 6.17. The predicted molar refractivity (Wildman–Crippen MR) is 68.6 cm³/mol. The second-order valence-corrected chi connectivity index (χ2v) is 4.30. The van der Waals surface area contributed by atoms with Crippen molar-refractivity contribution in [1.29, 1.82) is 0 Å². The standard InChI is InChI=1S/C12H19N3O4/c1-3-5-14(6-4-2)12(19)15-8-10(16)13-7-9(15)11(17)18/h3,9H,1,4-8H2,2H3,(H,13,16)(H,17,18). The van der Waals surface area contributed by atoms with Crippen LogP contribution in [-0.2, 0) is 9.59 Å². The third kappa shape index (κ3) is 3.70. The van der Waals surface area contributed by atoms with E-state index in [1.807, 2.05) is 6.92 Å². The summed E-state index contributed by atoms with van der Waals surface area (Å²) < 4.78 is 0. The quantitative estimate of drug-likeness (QED) is 0.681. The highest BCUT2D eigenvalue weighted by atomic mass is 16.4. The number of nitrogens with one attached hydrogen (secondary N) is 1. The van der Waals surface area contributed by atoms with E-state index >= 15 is 0 Å². The molecule has 0 radical (unpaired) electrons. The number of rotatable bonds is 5. The van der Waals surface area contributed by atoms with E-state index in [0.717, 1.165) is 11.3 Å². The van der Waals surface area contributed by atoms with Crippen LogP contribution in [0.15, 0.2) is 12.7 Å². The SMILES string of the molecule is C=CCN(CCC)C(=O)N1CC(=O)NCC1C(=O)O. The molecule has 0 aromatic carbocycles. The fourth-order valence-corrected chi connectivity index (χ4v) is 1.94. The number of carbonyl (C=O) groups is 3. The summed E-state index contributed by atoms with van der Waals surface area (Å²) in [5.41, 5.74) is 0. The van der Waals surface area contributed by atoms with Gasteiger partial charge in [-0.3, -0.25) is 9.69 Å². The Hall–Kier alpha value is -2.05. The summed E-state index contributed by atoms with van der Waals surface area (Å²) in [6, 6.07) is -1.46. The number of amides is 3. The van der Waals surface area contributed by atoms with E-state index in [1.165, 1.54) is 4.90 Å². The van der Waals surface area contributed by atoms with Gasteiger partial charge in [0.15, 0.2) is 0 Å². The zero-order valence-corrected chi connectivity index (χ0v) is 11.0. The average Bonchev–Trinajstić information content (AvgIpc) is 2.37. The van der Waals surface area contributed by atoms with Gasteiger partial charge in [0.2, 0.25) is 5.91 Å². The van der Waals surface area contributed by atoms with Crippen molar-refractivity contribution >= 4 is 17.9 Å². The van der Waals surface area contributed by atoms with Gasteiger partial charge in [-0.2, -0.15) is 0 Å². The monoisotopic (exact) mass is 269 g/mol. The van der Waals surface area contributed by atoms with Gasteiger partial charge in [-0.25, -0.2) is 9.59 Å². The van der Waals surface area contributed by atoms with Crippen molar-refractivity contribution in [1.82, 2.24) is 15.1 Å². The van der Waals surface area contributed by atoms with E-state index in [1.54, 1.807) is 6.08 Å². The van der Waals surface area contributed by atoms with E-state index in [2.05, 4.69) is 11.9 Å². The fraction of sp³-hybridized carbons (Fsp3) is 0.583. The van der Waals surface area contributed by atoms with Crippen LogP contribution in [0.4, 0.5) is 4.79 Å². The Labute approximate surface area is 111 Å². The van der Waals surface area contributed by atoms with Crippen LogP contribution in [-0.4, -0.2) is 65.0 Å². The Balaban J connectivity index is 2.87. The van der Waals surface area contributed by atoms with Crippen LogP contribution >= 0.6 is 0 Å². The van der Waals surface area contributed by atoms with Crippen LogP contribution in [0.25, 0.3) is 0 Å². The van der Waals surface area contributed by atoms with Gasteiger partial charge in [0.05, 0.1) is 0 Å². The minimum Gasteiger partial charge on any atom is -0.480 e. The number of hydrogen-bond acceptors (Lipinski definition) is 3. The zero-order chi connectivity index (χ0) is 14.4. The number of carboxylic acids is 1. The first-order valence-corrected chi connectivity index (χ1v) is 6.17.